The van der Waals surface area contributed by atoms with E-state index >= 15 is 0 Å². The van der Waals surface area contributed by atoms with Gasteiger partial charge in [0, 0.05) is 40.5 Å². The zero-order chi connectivity index (χ0) is 28.3. The van der Waals surface area contributed by atoms with Gasteiger partial charge in [0.1, 0.15) is 17.4 Å². The highest BCUT2D eigenvalue weighted by Crippen LogP contribution is 2.31. The highest BCUT2D eigenvalue weighted by Gasteiger charge is 2.22. The van der Waals surface area contributed by atoms with Gasteiger partial charge in [0.05, 0.1) is 18.2 Å². The Kier molecular flexibility index (Phi) is 6.90. The molecule has 41 heavy (non-hydrogen) atoms. The molecule has 0 saturated heterocycles. The summed E-state index contributed by atoms with van der Waals surface area (Å²) in [4.78, 5) is 21.1. The SMILES string of the molecule is O=C(Cc1c[nH]c2ccc(O)cc12)N[C@@H](Cc1cc(F)cc(F)c1)c1ncccc1-c1cccc(-c2nnn[nH]2)c1. The van der Waals surface area contributed by atoms with Gasteiger partial charge in [0.15, 0.2) is 5.82 Å². The first-order valence-corrected chi connectivity index (χ1v) is 12.8. The summed E-state index contributed by atoms with van der Waals surface area (Å²) in [5, 5.41) is 27.7. The number of H-pyrrole nitrogens is 2. The molecule has 0 fully saturated rings. The van der Waals surface area contributed by atoms with Crippen LogP contribution < -0.4 is 5.32 Å². The van der Waals surface area contributed by atoms with Crippen LogP contribution >= 0.6 is 0 Å². The van der Waals surface area contributed by atoms with E-state index in [-0.39, 0.29) is 24.5 Å². The molecule has 204 valence electrons. The lowest BCUT2D eigenvalue weighted by atomic mass is 9.94. The van der Waals surface area contributed by atoms with Crippen molar-refractivity contribution < 1.29 is 18.7 Å². The number of phenols is 1. The Morgan fingerprint density at radius 2 is 1.80 bits per heavy atom. The number of fused-ring (bicyclic) bond motifs is 1. The fourth-order valence-electron chi connectivity index (χ4n) is 4.97. The number of rotatable bonds is 8. The zero-order valence-corrected chi connectivity index (χ0v) is 21.5. The number of aromatic nitrogens is 6. The molecule has 0 bridgehead atoms. The molecule has 11 heteroatoms. The molecule has 0 radical (unpaired) electrons. The van der Waals surface area contributed by atoms with Crippen LogP contribution in [0.3, 0.4) is 0 Å². The lowest BCUT2D eigenvalue weighted by Crippen LogP contribution is -2.32. The standard InChI is InChI=1S/C30H23F2N7O2/c31-21-9-17(10-22(32)14-21)11-27(35-28(41)13-20-16-34-26-7-6-23(40)15-25(20)26)29-24(5-2-8-33-29)18-3-1-4-19(12-18)30-36-38-39-37-30/h1-10,12,14-16,27,34,40H,11,13H2,(H,35,41)(H,36,37,38,39)/t27-/m0/s1. The number of benzene rings is 3. The number of pyridine rings is 1. The van der Waals surface area contributed by atoms with Crippen molar-refractivity contribution in [3.63, 3.8) is 0 Å². The predicted molar refractivity (Wildman–Crippen MR) is 147 cm³/mol. The van der Waals surface area contributed by atoms with Crippen LogP contribution in [-0.2, 0) is 17.6 Å². The molecular weight excluding hydrogens is 528 g/mol. The molecule has 6 aromatic rings. The molecule has 6 rings (SSSR count). The molecule has 0 aliphatic carbocycles. The van der Waals surface area contributed by atoms with Crippen molar-refractivity contribution >= 4 is 16.8 Å². The first-order valence-electron chi connectivity index (χ1n) is 12.8. The Bertz CT molecular complexity index is 1830. The summed E-state index contributed by atoms with van der Waals surface area (Å²) in [7, 11) is 0. The number of aromatic hydroxyl groups is 1. The second-order valence-corrected chi connectivity index (χ2v) is 9.59. The average Bonchev–Trinajstić information content (AvgIpc) is 3.63. The molecule has 0 unspecified atom stereocenters. The summed E-state index contributed by atoms with van der Waals surface area (Å²) in [6.07, 6.45) is 3.42. The van der Waals surface area contributed by atoms with Crippen LogP contribution in [0.15, 0.2) is 85.2 Å². The Balaban J connectivity index is 1.36. The van der Waals surface area contributed by atoms with E-state index in [2.05, 4.69) is 35.9 Å². The maximum absolute atomic E-state index is 14.1. The number of carbonyl (C=O) groups is 1. The van der Waals surface area contributed by atoms with E-state index in [0.717, 1.165) is 33.7 Å². The van der Waals surface area contributed by atoms with Crippen LogP contribution in [0.2, 0.25) is 0 Å². The second kappa shape index (κ2) is 11.0. The minimum absolute atomic E-state index is 0.00755. The summed E-state index contributed by atoms with van der Waals surface area (Å²) < 4.78 is 28.2. The molecule has 1 amide bonds. The van der Waals surface area contributed by atoms with Crippen LogP contribution in [0, 0.1) is 11.6 Å². The molecule has 0 aliphatic rings. The quantitative estimate of drug-likeness (QED) is 0.210. The fourth-order valence-corrected chi connectivity index (χ4v) is 4.97. The second-order valence-electron chi connectivity index (χ2n) is 9.59. The first kappa shape index (κ1) is 25.8. The van der Waals surface area contributed by atoms with Gasteiger partial charge in [-0.1, -0.05) is 24.3 Å². The number of nitrogens with one attached hydrogen (secondary N) is 3. The van der Waals surface area contributed by atoms with E-state index in [4.69, 9.17) is 0 Å². The third-order valence-corrected chi connectivity index (χ3v) is 6.76. The van der Waals surface area contributed by atoms with Crippen molar-refractivity contribution in [3.8, 4) is 28.3 Å². The van der Waals surface area contributed by atoms with E-state index in [0.29, 0.717) is 22.6 Å². The predicted octanol–water partition coefficient (Wildman–Crippen LogP) is 5.04. The largest absolute Gasteiger partial charge is 0.508 e. The Morgan fingerprint density at radius 3 is 2.61 bits per heavy atom. The highest BCUT2D eigenvalue weighted by atomic mass is 19.1. The summed E-state index contributed by atoms with van der Waals surface area (Å²) in [5.41, 5.74) is 4.63. The molecule has 0 spiro atoms. The molecule has 1 atom stereocenters. The van der Waals surface area contributed by atoms with Gasteiger partial charge in [0.25, 0.3) is 0 Å². The molecule has 3 aromatic carbocycles. The van der Waals surface area contributed by atoms with E-state index in [1.807, 2.05) is 30.3 Å². The van der Waals surface area contributed by atoms with E-state index in [1.54, 1.807) is 36.7 Å². The third kappa shape index (κ3) is 5.64. The van der Waals surface area contributed by atoms with Crippen LogP contribution in [-0.4, -0.2) is 41.6 Å². The average molecular weight is 552 g/mol. The van der Waals surface area contributed by atoms with Crippen LogP contribution in [0.4, 0.5) is 8.78 Å². The normalized spacial score (nSPS) is 12.0. The highest BCUT2D eigenvalue weighted by molar-refractivity contribution is 5.90. The van der Waals surface area contributed by atoms with Crippen molar-refractivity contribution in [2.24, 2.45) is 0 Å². The number of carbonyl (C=O) groups excluding carboxylic acids is 1. The smallest absolute Gasteiger partial charge is 0.225 e. The number of halogens is 2. The maximum atomic E-state index is 14.1. The van der Waals surface area contributed by atoms with Gasteiger partial charge < -0.3 is 15.4 Å². The molecule has 0 aliphatic heterocycles. The molecule has 0 saturated carbocycles. The topological polar surface area (TPSA) is 132 Å². The molecule has 3 aromatic heterocycles. The minimum Gasteiger partial charge on any atom is -0.508 e. The first-order chi connectivity index (χ1) is 19.9. The lowest BCUT2D eigenvalue weighted by molar-refractivity contribution is -0.121. The third-order valence-electron chi connectivity index (χ3n) is 6.76. The summed E-state index contributed by atoms with van der Waals surface area (Å²) in [6.45, 7) is 0. The van der Waals surface area contributed by atoms with Gasteiger partial charge in [-0.25, -0.2) is 13.9 Å². The van der Waals surface area contributed by atoms with Crippen LogP contribution in [0.5, 0.6) is 5.75 Å². The Morgan fingerprint density at radius 1 is 0.976 bits per heavy atom. The molecule has 9 nitrogen and oxygen atoms in total. The van der Waals surface area contributed by atoms with Crippen molar-refractivity contribution in [2.75, 3.05) is 0 Å². The van der Waals surface area contributed by atoms with Gasteiger partial charge in [-0.15, -0.1) is 5.10 Å². The number of tetrazole rings is 1. The Hall–Kier alpha value is -5.45. The number of nitrogens with zero attached hydrogens (tertiary/aromatic N) is 4. The summed E-state index contributed by atoms with van der Waals surface area (Å²) >= 11 is 0. The number of hydrogen-bond acceptors (Lipinski definition) is 6. The van der Waals surface area contributed by atoms with Crippen molar-refractivity contribution in [3.05, 3.63) is 114 Å². The van der Waals surface area contributed by atoms with Crippen molar-refractivity contribution in [1.29, 1.82) is 0 Å². The Labute approximate surface area is 232 Å². The molecule has 3 heterocycles. The van der Waals surface area contributed by atoms with Gasteiger partial charge in [0.2, 0.25) is 5.91 Å². The lowest BCUT2D eigenvalue weighted by Gasteiger charge is -2.22. The number of amides is 1. The van der Waals surface area contributed by atoms with Gasteiger partial charge in [-0.05, 0) is 76.0 Å². The van der Waals surface area contributed by atoms with Gasteiger partial charge >= 0.3 is 0 Å². The van der Waals surface area contributed by atoms with E-state index in [1.165, 1.54) is 12.1 Å². The molecule has 4 N–H and O–H groups in total. The zero-order valence-electron chi connectivity index (χ0n) is 21.5. The number of hydrogen-bond donors (Lipinski definition) is 4. The minimum atomic E-state index is -0.728. The van der Waals surface area contributed by atoms with Gasteiger partial charge in [-0.3, -0.25) is 9.78 Å². The molecular formula is C30H23F2N7O2. The van der Waals surface area contributed by atoms with E-state index in [9.17, 15) is 18.7 Å². The van der Waals surface area contributed by atoms with Crippen LogP contribution in [0.1, 0.15) is 22.9 Å². The number of aromatic amines is 2. The van der Waals surface area contributed by atoms with Gasteiger partial charge in [-0.2, -0.15) is 0 Å². The monoisotopic (exact) mass is 551 g/mol. The van der Waals surface area contributed by atoms with Crippen molar-refractivity contribution in [1.82, 2.24) is 35.9 Å². The summed E-state index contributed by atoms with van der Waals surface area (Å²) in [6, 6.07) is 18.6. The van der Waals surface area contributed by atoms with Crippen molar-refractivity contribution in [2.45, 2.75) is 18.9 Å². The summed E-state index contributed by atoms with van der Waals surface area (Å²) in [5.74, 6) is -1.17. The fraction of sp³-hybridized carbons (Fsp3) is 0.100. The number of phenolic OH excluding ortho intramolecular Hbond substituents is 1. The van der Waals surface area contributed by atoms with E-state index < -0.39 is 17.7 Å². The van der Waals surface area contributed by atoms with Crippen LogP contribution in [0.25, 0.3) is 33.4 Å². The maximum Gasteiger partial charge on any atom is 0.225 e.